The second-order valence-corrected chi connectivity index (χ2v) is 6.94. The van der Waals surface area contributed by atoms with Gasteiger partial charge < -0.3 is 14.2 Å². The van der Waals surface area contributed by atoms with Crippen molar-refractivity contribution in [3.05, 3.63) is 57.9 Å². The van der Waals surface area contributed by atoms with E-state index >= 15 is 0 Å². The highest BCUT2D eigenvalue weighted by Crippen LogP contribution is 2.28. The second kappa shape index (κ2) is 8.11. The number of methoxy groups -OCH3 is 2. The molecule has 0 aliphatic heterocycles. The molecule has 134 valence electrons. The number of esters is 2. The van der Waals surface area contributed by atoms with Gasteiger partial charge in [-0.1, -0.05) is 6.07 Å². The fraction of sp³-hybridized carbons (Fsp3) is 0.167. The van der Waals surface area contributed by atoms with Crippen molar-refractivity contribution in [1.82, 2.24) is 4.98 Å². The van der Waals surface area contributed by atoms with E-state index in [4.69, 9.17) is 14.2 Å². The number of hydrogen-bond donors (Lipinski definition) is 0. The predicted octanol–water partition coefficient (Wildman–Crippen LogP) is 4.02. The monoisotopic (exact) mass is 389 g/mol. The second-order valence-electron chi connectivity index (χ2n) is 5.14. The molecular formula is C18H15NO5S2. The highest BCUT2D eigenvalue weighted by atomic mass is 32.1. The number of thiazole rings is 1. The summed E-state index contributed by atoms with van der Waals surface area (Å²) >= 11 is 3.16. The van der Waals surface area contributed by atoms with Gasteiger partial charge in [0, 0.05) is 5.38 Å². The molecule has 2 heterocycles. The molecule has 1 aromatic carbocycles. The maximum atomic E-state index is 11.8. The first-order valence-corrected chi connectivity index (χ1v) is 9.29. The van der Waals surface area contributed by atoms with Crippen molar-refractivity contribution in [2.75, 3.05) is 14.2 Å². The molecule has 6 nitrogen and oxygen atoms in total. The highest BCUT2D eigenvalue weighted by Gasteiger charge is 2.15. The molecule has 0 spiro atoms. The zero-order valence-corrected chi connectivity index (χ0v) is 15.7. The number of ether oxygens (including phenoxy) is 3. The molecule has 0 N–H and O–H groups in total. The summed E-state index contributed by atoms with van der Waals surface area (Å²) < 4.78 is 15.1. The number of benzene rings is 1. The number of carbonyl (C=O) groups excluding carboxylic acids is 2. The molecule has 3 aromatic rings. The van der Waals surface area contributed by atoms with Crippen LogP contribution < -0.4 is 4.74 Å². The van der Waals surface area contributed by atoms with E-state index in [0.29, 0.717) is 5.75 Å². The van der Waals surface area contributed by atoms with Gasteiger partial charge in [-0.25, -0.2) is 14.6 Å². The summed E-state index contributed by atoms with van der Waals surface area (Å²) in [6.07, 6.45) is 0. The first kappa shape index (κ1) is 18.1. The van der Waals surface area contributed by atoms with E-state index in [1.54, 1.807) is 11.3 Å². The Morgan fingerprint density at radius 1 is 1.04 bits per heavy atom. The van der Waals surface area contributed by atoms with Crippen LogP contribution in [0, 0.1) is 0 Å². The largest absolute Gasteiger partial charge is 0.487 e. The topological polar surface area (TPSA) is 74.7 Å². The van der Waals surface area contributed by atoms with E-state index in [-0.39, 0.29) is 17.7 Å². The van der Waals surface area contributed by atoms with E-state index < -0.39 is 11.9 Å². The van der Waals surface area contributed by atoms with E-state index in [1.165, 1.54) is 43.8 Å². The van der Waals surface area contributed by atoms with Crippen LogP contribution in [-0.2, 0) is 16.1 Å². The standard InChI is InChI=1S/C18H15NO5S2/c1-22-17(20)11-6-12(18(21)23-2)8-14(7-11)24-9-13-10-26-16(19-13)15-4-3-5-25-15/h3-8,10H,9H2,1-2H3. The van der Waals surface area contributed by atoms with Gasteiger partial charge in [0.05, 0.1) is 35.9 Å². The number of aromatic nitrogens is 1. The molecule has 0 fully saturated rings. The van der Waals surface area contributed by atoms with Crippen LogP contribution in [0.2, 0.25) is 0 Å². The lowest BCUT2D eigenvalue weighted by Crippen LogP contribution is -2.07. The minimum Gasteiger partial charge on any atom is -0.487 e. The minimum atomic E-state index is -0.561. The fourth-order valence-electron chi connectivity index (χ4n) is 2.20. The van der Waals surface area contributed by atoms with Gasteiger partial charge in [-0.15, -0.1) is 22.7 Å². The molecule has 0 aliphatic rings. The smallest absolute Gasteiger partial charge is 0.338 e. The molecule has 3 rings (SSSR count). The molecular weight excluding hydrogens is 374 g/mol. The van der Waals surface area contributed by atoms with Crippen molar-refractivity contribution in [2.45, 2.75) is 6.61 Å². The molecule has 0 unspecified atom stereocenters. The molecule has 0 saturated heterocycles. The molecule has 0 saturated carbocycles. The van der Waals surface area contributed by atoms with Crippen LogP contribution in [0.1, 0.15) is 26.4 Å². The zero-order chi connectivity index (χ0) is 18.5. The van der Waals surface area contributed by atoms with Crippen LogP contribution in [0.25, 0.3) is 9.88 Å². The molecule has 8 heteroatoms. The Hall–Kier alpha value is -2.71. The van der Waals surface area contributed by atoms with E-state index in [0.717, 1.165) is 15.6 Å². The molecule has 2 aromatic heterocycles. The van der Waals surface area contributed by atoms with Gasteiger partial charge in [-0.05, 0) is 29.6 Å². The van der Waals surface area contributed by atoms with Crippen molar-refractivity contribution in [3.63, 3.8) is 0 Å². The maximum Gasteiger partial charge on any atom is 0.338 e. The number of hydrogen-bond acceptors (Lipinski definition) is 8. The molecule has 0 aliphatic carbocycles. The first-order chi connectivity index (χ1) is 12.6. The lowest BCUT2D eigenvalue weighted by atomic mass is 10.1. The molecule has 0 amide bonds. The Labute approximate surface area is 158 Å². The van der Waals surface area contributed by atoms with Gasteiger partial charge in [0.25, 0.3) is 0 Å². The number of rotatable bonds is 6. The van der Waals surface area contributed by atoms with Gasteiger partial charge in [0.2, 0.25) is 0 Å². The van der Waals surface area contributed by atoms with Gasteiger partial charge in [0.15, 0.2) is 0 Å². The average molecular weight is 389 g/mol. The third-order valence-corrected chi connectivity index (χ3v) is 5.35. The summed E-state index contributed by atoms with van der Waals surface area (Å²) in [4.78, 5) is 29.2. The van der Waals surface area contributed by atoms with Gasteiger partial charge in [0.1, 0.15) is 17.4 Å². The Bertz CT molecular complexity index is 883. The normalized spacial score (nSPS) is 10.4. The third kappa shape index (κ3) is 4.09. The van der Waals surface area contributed by atoms with E-state index in [1.807, 2.05) is 22.9 Å². The van der Waals surface area contributed by atoms with Crippen LogP contribution in [0.3, 0.4) is 0 Å². The molecule has 26 heavy (non-hydrogen) atoms. The lowest BCUT2D eigenvalue weighted by Gasteiger charge is -2.09. The van der Waals surface area contributed by atoms with Crippen LogP contribution in [0.15, 0.2) is 41.1 Å². The van der Waals surface area contributed by atoms with Gasteiger partial charge in [-0.3, -0.25) is 0 Å². The van der Waals surface area contributed by atoms with Crippen LogP contribution in [-0.4, -0.2) is 31.1 Å². The van der Waals surface area contributed by atoms with Crippen molar-refractivity contribution in [1.29, 1.82) is 0 Å². The van der Waals surface area contributed by atoms with E-state index in [2.05, 4.69) is 4.98 Å². The SMILES string of the molecule is COC(=O)c1cc(OCc2csc(-c3cccs3)n2)cc(C(=O)OC)c1. The average Bonchev–Trinajstić information content (AvgIpc) is 3.36. The first-order valence-electron chi connectivity index (χ1n) is 7.53. The summed E-state index contributed by atoms with van der Waals surface area (Å²) in [5.41, 5.74) is 1.19. The van der Waals surface area contributed by atoms with Crippen LogP contribution in [0.5, 0.6) is 5.75 Å². The number of thiophene rings is 1. The molecule has 0 atom stereocenters. The quantitative estimate of drug-likeness (QED) is 0.593. The Morgan fingerprint density at radius 2 is 1.73 bits per heavy atom. The lowest BCUT2D eigenvalue weighted by molar-refractivity contribution is 0.0598. The summed E-state index contributed by atoms with van der Waals surface area (Å²) in [5, 5.41) is 4.84. The van der Waals surface area contributed by atoms with Crippen molar-refractivity contribution < 1.29 is 23.8 Å². The van der Waals surface area contributed by atoms with Crippen molar-refractivity contribution in [2.24, 2.45) is 0 Å². The summed E-state index contributed by atoms with van der Waals surface area (Å²) in [6, 6.07) is 8.43. The van der Waals surface area contributed by atoms with E-state index in [9.17, 15) is 9.59 Å². The maximum absolute atomic E-state index is 11.8. The summed E-state index contributed by atoms with van der Waals surface area (Å²) in [5.74, 6) is -0.762. The van der Waals surface area contributed by atoms with Crippen LogP contribution in [0.4, 0.5) is 0 Å². The summed E-state index contributed by atoms with van der Waals surface area (Å²) in [6.45, 7) is 0.215. The Morgan fingerprint density at radius 3 is 2.31 bits per heavy atom. The minimum absolute atomic E-state index is 0.211. The predicted molar refractivity (Wildman–Crippen MR) is 98.9 cm³/mol. The summed E-state index contributed by atoms with van der Waals surface area (Å²) in [7, 11) is 2.55. The molecule has 0 radical (unpaired) electrons. The van der Waals surface area contributed by atoms with Crippen molar-refractivity contribution in [3.8, 4) is 15.6 Å². The third-order valence-electron chi connectivity index (χ3n) is 3.42. The number of nitrogens with zero attached hydrogens (tertiary/aromatic N) is 1. The Balaban J connectivity index is 1.78. The molecule has 0 bridgehead atoms. The highest BCUT2D eigenvalue weighted by molar-refractivity contribution is 7.20. The zero-order valence-electron chi connectivity index (χ0n) is 14.1. The van der Waals surface area contributed by atoms with Gasteiger partial charge in [-0.2, -0.15) is 0 Å². The van der Waals surface area contributed by atoms with Crippen LogP contribution >= 0.6 is 22.7 Å². The number of carbonyl (C=O) groups is 2. The van der Waals surface area contributed by atoms with Crippen molar-refractivity contribution >= 4 is 34.6 Å². The fourth-order valence-corrected chi connectivity index (χ4v) is 3.82. The van der Waals surface area contributed by atoms with Gasteiger partial charge >= 0.3 is 11.9 Å². The Kier molecular flexibility index (Phi) is 5.65.